The molecule has 1 saturated heterocycles. The highest BCUT2D eigenvalue weighted by atomic mass is 35.5. The van der Waals surface area contributed by atoms with Crippen molar-refractivity contribution in [2.75, 3.05) is 18.0 Å². The van der Waals surface area contributed by atoms with E-state index in [-0.39, 0.29) is 30.0 Å². The minimum absolute atomic E-state index is 0. The Morgan fingerprint density at radius 3 is 2.60 bits per heavy atom. The monoisotopic (exact) mass is 494 g/mol. The summed E-state index contributed by atoms with van der Waals surface area (Å²) in [5, 5.41) is 18.0. The quantitative estimate of drug-likeness (QED) is 0.440. The van der Waals surface area contributed by atoms with E-state index in [4.69, 9.17) is 0 Å². The maximum atomic E-state index is 13.9. The second-order valence-corrected chi connectivity index (χ2v) is 8.59. The number of carboxylic acid groups (broad SMARTS) is 1. The van der Waals surface area contributed by atoms with Crippen molar-refractivity contribution in [3.63, 3.8) is 0 Å². The second kappa shape index (κ2) is 9.89. The van der Waals surface area contributed by atoms with E-state index in [0.717, 1.165) is 30.3 Å². The van der Waals surface area contributed by atoms with Crippen LogP contribution in [0.4, 0.5) is 5.82 Å². The van der Waals surface area contributed by atoms with Gasteiger partial charge in [-0.1, -0.05) is 12.1 Å². The standard InChI is InChI=1S/C25H26N6O3.ClH/c1-29-13-10-17-9-12-27-23(21(17)29)31(19-4-3-11-26-14-19)24(32)18-7-5-16(6-8-18)20-15-28-30(2)22(20)25(33)34;/h5-10,12-13,15,19,26H,3-4,11,14H2,1-2H3,(H,33,34);1H. The van der Waals surface area contributed by atoms with Gasteiger partial charge in [0.05, 0.1) is 17.8 Å². The lowest BCUT2D eigenvalue weighted by atomic mass is 10.0. The van der Waals surface area contributed by atoms with Crippen LogP contribution >= 0.6 is 12.4 Å². The molecule has 10 heteroatoms. The number of anilines is 1. The maximum absolute atomic E-state index is 13.9. The third kappa shape index (κ3) is 4.40. The number of pyridine rings is 1. The van der Waals surface area contributed by atoms with Crippen molar-refractivity contribution >= 4 is 41.0 Å². The molecule has 1 unspecified atom stereocenters. The molecule has 2 N–H and O–H groups in total. The third-order valence-electron chi connectivity index (χ3n) is 6.43. The molecule has 3 aromatic heterocycles. The van der Waals surface area contributed by atoms with Crippen LogP contribution in [0.25, 0.3) is 22.0 Å². The first-order valence-corrected chi connectivity index (χ1v) is 11.3. The van der Waals surface area contributed by atoms with Gasteiger partial charge in [0.25, 0.3) is 5.91 Å². The summed E-state index contributed by atoms with van der Waals surface area (Å²) in [6.07, 6.45) is 7.11. The molecule has 4 aromatic rings. The Hall–Kier alpha value is -3.69. The maximum Gasteiger partial charge on any atom is 0.354 e. The van der Waals surface area contributed by atoms with Crippen LogP contribution in [0.2, 0.25) is 0 Å². The molecule has 0 bridgehead atoms. The van der Waals surface area contributed by atoms with Gasteiger partial charge >= 0.3 is 5.97 Å². The van der Waals surface area contributed by atoms with E-state index in [2.05, 4.69) is 15.4 Å². The van der Waals surface area contributed by atoms with E-state index in [1.54, 1.807) is 37.5 Å². The summed E-state index contributed by atoms with van der Waals surface area (Å²) in [4.78, 5) is 32.0. The number of piperidine rings is 1. The Kier molecular flexibility index (Phi) is 6.90. The van der Waals surface area contributed by atoms with E-state index < -0.39 is 5.97 Å². The van der Waals surface area contributed by atoms with Gasteiger partial charge in [0, 0.05) is 49.5 Å². The van der Waals surface area contributed by atoms with Crippen LogP contribution in [-0.4, -0.2) is 55.4 Å². The summed E-state index contributed by atoms with van der Waals surface area (Å²) >= 11 is 0. The van der Waals surface area contributed by atoms with Crippen molar-refractivity contribution in [1.82, 2.24) is 24.6 Å². The van der Waals surface area contributed by atoms with Gasteiger partial charge in [0.15, 0.2) is 11.5 Å². The van der Waals surface area contributed by atoms with Crippen LogP contribution < -0.4 is 10.2 Å². The van der Waals surface area contributed by atoms with Gasteiger partial charge < -0.3 is 15.0 Å². The summed E-state index contributed by atoms with van der Waals surface area (Å²) in [6.45, 7) is 1.63. The Labute approximate surface area is 208 Å². The molecule has 35 heavy (non-hydrogen) atoms. The first-order chi connectivity index (χ1) is 16.5. The van der Waals surface area contributed by atoms with Crippen molar-refractivity contribution < 1.29 is 14.7 Å². The Bertz CT molecular complexity index is 1370. The van der Waals surface area contributed by atoms with Crippen molar-refractivity contribution in [3.8, 4) is 11.1 Å². The molecular formula is C25H27ClN6O3. The summed E-state index contributed by atoms with van der Waals surface area (Å²) in [5.41, 5.74) is 2.74. The van der Waals surface area contributed by atoms with E-state index in [1.807, 2.05) is 34.8 Å². The normalized spacial score (nSPS) is 15.5. The zero-order valence-corrected chi connectivity index (χ0v) is 20.3. The first kappa shape index (κ1) is 24.4. The Morgan fingerprint density at radius 1 is 1.14 bits per heavy atom. The van der Waals surface area contributed by atoms with Crippen LogP contribution in [0.1, 0.15) is 33.7 Å². The van der Waals surface area contributed by atoms with E-state index in [1.165, 1.54) is 10.9 Å². The van der Waals surface area contributed by atoms with Gasteiger partial charge in [0.1, 0.15) is 0 Å². The summed E-state index contributed by atoms with van der Waals surface area (Å²) in [7, 11) is 3.55. The number of nitrogens with one attached hydrogen (secondary N) is 1. The number of hydrogen-bond donors (Lipinski definition) is 2. The number of aryl methyl sites for hydroxylation is 2. The highest BCUT2D eigenvalue weighted by Crippen LogP contribution is 2.30. The molecule has 182 valence electrons. The molecule has 0 saturated carbocycles. The van der Waals surface area contributed by atoms with E-state index in [9.17, 15) is 14.7 Å². The minimum atomic E-state index is -1.05. The predicted molar refractivity (Wildman–Crippen MR) is 136 cm³/mol. The first-order valence-electron chi connectivity index (χ1n) is 11.3. The van der Waals surface area contributed by atoms with Gasteiger partial charge in [-0.05, 0) is 49.2 Å². The van der Waals surface area contributed by atoms with E-state index >= 15 is 0 Å². The molecular weight excluding hydrogens is 468 g/mol. The molecule has 4 heterocycles. The SMILES string of the molecule is Cl.Cn1ncc(-c2ccc(C(=O)N(c3nccc4ccn(C)c34)C3CCCNC3)cc2)c1C(=O)O. The Morgan fingerprint density at radius 2 is 1.91 bits per heavy atom. The number of nitrogens with zero attached hydrogens (tertiary/aromatic N) is 5. The fourth-order valence-corrected chi connectivity index (χ4v) is 4.72. The number of hydrogen-bond acceptors (Lipinski definition) is 5. The lowest BCUT2D eigenvalue weighted by molar-refractivity contribution is 0.0685. The molecule has 0 radical (unpaired) electrons. The number of benzene rings is 1. The zero-order chi connectivity index (χ0) is 23.8. The average Bonchev–Trinajstić information content (AvgIpc) is 3.43. The summed E-state index contributed by atoms with van der Waals surface area (Å²) in [6, 6.07) is 11.0. The van der Waals surface area contributed by atoms with Crippen LogP contribution in [0.15, 0.2) is 55.0 Å². The van der Waals surface area contributed by atoms with Crippen molar-refractivity contribution in [3.05, 3.63) is 66.2 Å². The third-order valence-corrected chi connectivity index (χ3v) is 6.43. The van der Waals surface area contributed by atoms with Gasteiger partial charge in [-0.3, -0.25) is 14.4 Å². The Balaban J connectivity index is 0.00000289. The summed E-state index contributed by atoms with van der Waals surface area (Å²) in [5.74, 6) is -0.535. The largest absolute Gasteiger partial charge is 0.477 e. The number of halogens is 1. The summed E-state index contributed by atoms with van der Waals surface area (Å²) < 4.78 is 3.33. The van der Waals surface area contributed by atoms with Gasteiger partial charge in [-0.2, -0.15) is 5.10 Å². The highest BCUT2D eigenvalue weighted by molar-refractivity contribution is 6.10. The van der Waals surface area contributed by atoms with Crippen molar-refractivity contribution in [1.29, 1.82) is 0 Å². The number of fused-ring (bicyclic) bond motifs is 1. The van der Waals surface area contributed by atoms with Crippen LogP contribution in [0.5, 0.6) is 0 Å². The molecule has 1 fully saturated rings. The smallest absolute Gasteiger partial charge is 0.354 e. The van der Waals surface area contributed by atoms with Crippen LogP contribution in [-0.2, 0) is 14.1 Å². The molecule has 1 aromatic carbocycles. The fourth-order valence-electron chi connectivity index (χ4n) is 4.72. The molecule has 0 aliphatic carbocycles. The molecule has 1 atom stereocenters. The number of aromatic nitrogens is 4. The second-order valence-electron chi connectivity index (χ2n) is 8.59. The van der Waals surface area contributed by atoms with E-state index in [0.29, 0.717) is 29.1 Å². The van der Waals surface area contributed by atoms with Gasteiger partial charge in [-0.25, -0.2) is 9.78 Å². The number of carboxylic acids is 1. The lowest BCUT2D eigenvalue weighted by Crippen LogP contribution is -2.49. The molecule has 1 aliphatic heterocycles. The van der Waals surface area contributed by atoms with Crippen molar-refractivity contribution in [2.24, 2.45) is 14.1 Å². The number of amides is 1. The highest BCUT2D eigenvalue weighted by Gasteiger charge is 2.30. The number of carbonyl (C=O) groups excluding carboxylic acids is 1. The fraction of sp³-hybridized carbons (Fsp3) is 0.280. The topological polar surface area (TPSA) is 105 Å². The number of rotatable bonds is 5. The molecule has 9 nitrogen and oxygen atoms in total. The molecule has 5 rings (SSSR count). The molecule has 1 aliphatic rings. The minimum Gasteiger partial charge on any atom is -0.477 e. The van der Waals surface area contributed by atoms with Gasteiger partial charge in [-0.15, -0.1) is 12.4 Å². The zero-order valence-electron chi connectivity index (χ0n) is 19.5. The lowest BCUT2D eigenvalue weighted by Gasteiger charge is -2.34. The number of carbonyl (C=O) groups is 2. The van der Waals surface area contributed by atoms with Crippen LogP contribution in [0.3, 0.4) is 0 Å². The van der Waals surface area contributed by atoms with Crippen molar-refractivity contribution in [2.45, 2.75) is 18.9 Å². The van der Waals surface area contributed by atoms with Crippen LogP contribution in [0, 0.1) is 0 Å². The van der Waals surface area contributed by atoms with Gasteiger partial charge in [0.2, 0.25) is 0 Å². The molecule has 0 spiro atoms. The molecule has 1 amide bonds. The number of aromatic carboxylic acids is 1. The predicted octanol–water partition coefficient (Wildman–Crippen LogP) is 3.49. The average molecular weight is 495 g/mol.